The predicted octanol–water partition coefficient (Wildman–Crippen LogP) is 4.22. The molecule has 2 N–H and O–H groups in total. The van der Waals surface area contributed by atoms with Crippen LogP contribution in [0.1, 0.15) is 35.6 Å². The summed E-state index contributed by atoms with van der Waals surface area (Å²) in [6.45, 7) is 2.14. The van der Waals surface area contributed by atoms with E-state index in [4.69, 9.17) is 26.2 Å². The number of carbonyl (C=O) groups excluding carboxylic acids is 1. The Morgan fingerprint density at radius 2 is 1.88 bits per heavy atom. The molecule has 0 radical (unpaired) electrons. The maximum atomic E-state index is 13.0. The molecule has 1 unspecified atom stereocenters. The van der Waals surface area contributed by atoms with Crippen LogP contribution >= 0.6 is 11.6 Å². The lowest BCUT2D eigenvalue weighted by atomic mass is 10.0. The minimum absolute atomic E-state index is 0.146. The summed E-state index contributed by atoms with van der Waals surface area (Å²) in [4.78, 5) is 28.5. The molecule has 2 aromatic carbocycles. The summed E-state index contributed by atoms with van der Waals surface area (Å²) in [6.07, 6.45) is 1.48. The van der Waals surface area contributed by atoms with Gasteiger partial charge in [-0.2, -0.15) is 0 Å². The number of hydrogen-bond acceptors (Lipinski definition) is 6. The number of amides is 1. The van der Waals surface area contributed by atoms with Gasteiger partial charge in [0.05, 0.1) is 17.6 Å². The van der Waals surface area contributed by atoms with Gasteiger partial charge >= 0.3 is 5.97 Å². The zero-order valence-electron chi connectivity index (χ0n) is 17.7. The number of nitrogens with one attached hydrogen (secondary N) is 1. The van der Waals surface area contributed by atoms with Crippen LogP contribution in [-0.2, 0) is 9.59 Å². The number of carbonyl (C=O) groups is 2. The molecule has 33 heavy (non-hydrogen) atoms. The van der Waals surface area contributed by atoms with Crippen LogP contribution in [-0.4, -0.2) is 33.8 Å². The minimum Gasteiger partial charge on any atom is -0.481 e. The van der Waals surface area contributed by atoms with E-state index in [1.165, 1.54) is 5.01 Å². The number of halogens is 1. The first-order valence-corrected chi connectivity index (χ1v) is 10.8. The number of aryl methyl sites for hydroxylation is 1. The van der Waals surface area contributed by atoms with Crippen molar-refractivity contribution in [3.8, 4) is 11.5 Å². The van der Waals surface area contributed by atoms with Crippen LogP contribution < -0.4 is 14.9 Å². The number of aliphatic carboxylic acids is 1. The van der Waals surface area contributed by atoms with Gasteiger partial charge in [0.1, 0.15) is 11.2 Å². The first kappa shape index (κ1) is 21.1. The van der Waals surface area contributed by atoms with Crippen molar-refractivity contribution in [1.29, 1.82) is 0 Å². The molecule has 168 valence electrons. The van der Waals surface area contributed by atoms with Crippen LogP contribution in [0.25, 0.3) is 16.6 Å². The Morgan fingerprint density at radius 3 is 2.61 bits per heavy atom. The topological polar surface area (TPSA) is 101 Å². The molecular weight excluding hydrogens is 446 g/mol. The third-order valence-corrected chi connectivity index (χ3v) is 5.94. The average Bonchev–Trinajstić information content (AvgIpc) is 3.43. The van der Waals surface area contributed by atoms with E-state index >= 15 is 0 Å². The van der Waals surface area contributed by atoms with Gasteiger partial charge in [0.2, 0.25) is 12.7 Å². The molecule has 8 nitrogen and oxygen atoms in total. The van der Waals surface area contributed by atoms with Crippen molar-refractivity contribution in [3.63, 3.8) is 0 Å². The maximum Gasteiger partial charge on any atom is 0.303 e. The summed E-state index contributed by atoms with van der Waals surface area (Å²) in [5, 5.41) is 11.5. The molecule has 0 fully saturated rings. The molecule has 0 bridgehead atoms. The second-order valence-corrected chi connectivity index (χ2v) is 8.29. The highest BCUT2D eigenvalue weighted by atomic mass is 35.5. The number of hydrazine groups is 1. The Labute approximate surface area is 194 Å². The average molecular weight is 466 g/mol. The lowest BCUT2D eigenvalue weighted by Gasteiger charge is -2.26. The van der Waals surface area contributed by atoms with Crippen molar-refractivity contribution in [2.75, 3.05) is 6.79 Å². The molecule has 2 aliphatic rings. The van der Waals surface area contributed by atoms with Gasteiger partial charge < -0.3 is 14.6 Å². The van der Waals surface area contributed by atoms with Crippen LogP contribution in [0.5, 0.6) is 11.5 Å². The Morgan fingerprint density at radius 1 is 1.15 bits per heavy atom. The van der Waals surface area contributed by atoms with Crippen molar-refractivity contribution in [2.45, 2.75) is 25.8 Å². The Hall–Kier alpha value is -3.78. The Balaban J connectivity index is 1.56. The summed E-state index contributed by atoms with van der Waals surface area (Å²) in [5.41, 5.74) is 7.13. The predicted molar refractivity (Wildman–Crippen MR) is 122 cm³/mol. The molecule has 5 rings (SSSR count). The fourth-order valence-corrected chi connectivity index (χ4v) is 4.17. The molecule has 3 aromatic rings. The second-order valence-electron chi connectivity index (χ2n) is 7.93. The summed E-state index contributed by atoms with van der Waals surface area (Å²) >= 11 is 6.57. The van der Waals surface area contributed by atoms with Crippen molar-refractivity contribution in [2.24, 2.45) is 0 Å². The summed E-state index contributed by atoms with van der Waals surface area (Å²) in [7, 11) is 0. The van der Waals surface area contributed by atoms with E-state index in [1.807, 2.05) is 49.4 Å². The van der Waals surface area contributed by atoms with Crippen molar-refractivity contribution >= 4 is 40.1 Å². The van der Waals surface area contributed by atoms with E-state index in [-0.39, 0.29) is 30.7 Å². The van der Waals surface area contributed by atoms with E-state index in [0.717, 1.165) is 22.2 Å². The molecule has 1 aromatic heterocycles. The number of pyridine rings is 1. The number of ether oxygens (including phenoxy) is 2. The van der Waals surface area contributed by atoms with Crippen molar-refractivity contribution in [3.05, 3.63) is 70.4 Å². The standard InChI is InChI=1S/C24H20ClN3O5/c1-13-2-4-14(5-3-13)18-10-19(28(27-18)22(29)6-7-23(30)31)16-8-15-9-20-21(33-12-32-20)11-17(15)26-24(16)25/h2-5,8-11,19,27H,6-7,12H2,1H3,(H,30,31). The smallest absolute Gasteiger partial charge is 0.303 e. The van der Waals surface area contributed by atoms with E-state index < -0.39 is 12.0 Å². The largest absolute Gasteiger partial charge is 0.481 e. The minimum atomic E-state index is -1.03. The van der Waals surface area contributed by atoms with Gasteiger partial charge in [0, 0.05) is 23.4 Å². The van der Waals surface area contributed by atoms with Gasteiger partial charge in [-0.25, -0.2) is 9.99 Å². The zero-order valence-corrected chi connectivity index (χ0v) is 18.4. The molecule has 0 saturated heterocycles. The molecule has 2 aliphatic heterocycles. The Kier molecular flexibility index (Phi) is 5.30. The third kappa shape index (κ3) is 4.05. The summed E-state index contributed by atoms with van der Waals surface area (Å²) in [5.74, 6) is -0.171. The number of rotatable bonds is 5. The van der Waals surface area contributed by atoms with Crippen LogP contribution in [0.15, 0.2) is 48.5 Å². The van der Waals surface area contributed by atoms with Crippen molar-refractivity contribution < 1.29 is 24.2 Å². The molecule has 3 heterocycles. The third-order valence-electron chi connectivity index (χ3n) is 5.64. The molecule has 1 amide bonds. The lowest BCUT2D eigenvalue weighted by molar-refractivity contribution is -0.142. The zero-order chi connectivity index (χ0) is 23.1. The van der Waals surface area contributed by atoms with Crippen LogP contribution in [0.3, 0.4) is 0 Å². The van der Waals surface area contributed by atoms with Crippen LogP contribution in [0.2, 0.25) is 5.15 Å². The van der Waals surface area contributed by atoms with E-state index in [9.17, 15) is 9.59 Å². The van der Waals surface area contributed by atoms with Gasteiger partial charge in [-0.3, -0.25) is 15.0 Å². The fraction of sp³-hybridized carbons (Fsp3) is 0.208. The van der Waals surface area contributed by atoms with Gasteiger partial charge in [-0.15, -0.1) is 0 Å². The highest BCUT2D eigenvalue weighted by molar-refractivity contribution is 6.30. The van der Waals surface area contributed by atoms with Gasteiger partial charge in [0.25, 0.3) is 0 Å². The van der Waals surface area contributed by atoms with E-state index in [1.54, 1.807) is 6.07 Å². The lowest BCUT2D eigenvalue weighted by Crippen LogP contribution is -2.39. The first-order chi connectivity index (χ1) is 15.9. The van der Waals surface area contributed by atoms with Crippen LogP contribution in [0.4, 0.5) is 0 Å². The molecule has 1 atom stereocenters. The SMILES string of the molecule is Cc1ccc(C2=CC(c3cc4cc5c(cc4nc3Cl)OCO5)N(C(=O)CCC(=O)O)N2)cc1. The van der Waals surface area contributed by atoms with Crippen LogP contribution in [0, 0.1) is 6.92 Å². The number of benzene rings is 2. The molecular formula is C24H20ClN3O5. The van der Waals surface area contributed by atoms with Crippen molar-refractivity contribution in [1.82, 2.24) is 15.4 Å². The Bertz CT molecular complexity index is 1310. The first-order valence-electron chi connectivity index (χ1n) is 10.4. The maximum absolute atomic E-state index is 13.0. The fourth-order valence-electron chi connectivity index (χ4n) is 3.91. The number of carboxylic acids is 1. The molecule has 0 spiro atoms. The molecule has 0 saturated carbocycles. The summed E-state index contributed by atoms with van der Waals surface area (Å²) in [6, 6.07) is 12.8. The van der Waals surface area contributed by atoms with Gasteiger partial charge in [-0.05, 0) is 30.7 Å². The number of carboxylic acid groups (broad SMARTS) is 1. The van der Waals surface area contributed by atoms with Gasteiger partial charge in [-0.1, -0.05) is 41.4 Å². The normalized spacial score (nSPS) is 16.6. The highest BCUT2D eigenvalue weighted by Crippen LogP contribution is 2.40. The van der Waals surface area contributed by atoms with E-state index in [2.05, 4.69) is 10.4 Å². The van der Waals surface area contributed by atoms with Gasteiger partial charge in [0.15, 0.2) is 11.5 Å². The second kappa shape index (κ2) is 8.29. The number of aromatic nitrogens is 1. The quantitative estimate of drug-likeness (QED) is 0.544. The summed E-state index contributed by atoms with van der Waals surface area (Å²) < 4.78 is 10.9. The number of hydrogen-bond donors (Lipinski definition) is 2. The number of fused-ring (bicyclic) bond motifs is 2. The highest BCUT2D eigenvalue weighted by Gasteiger charge is 2.33. The monoisotopic (exact) mass is 465 g/mol. The molecule has 9 heteroatoms. The number of nitrogens with zero attached hydrogens (tertiary/aromatic N) is 2. The van der Waals surface area contributed by atoms with E-state index in [0.29, 0.717) is 22.6 Å². The molecule has 0 aliphatic carbocycles.